The zero-order valence-corrected chi connectivity index (χ0v) is 5.63. The molecule has 0 fully saturated rings. The van der Waals surface area contributed by atoms with E-state index in [-0.39, 0.29) is 0 Å². The minimum atomic E-state index is 0.364. The van der Waals surface area contributed by atoms with Crippen molar-refractivity contribution in [2.75, 3.05) is 0 Å². The molecule has 0 heterocycles. The van der Waals surface area contributed by atoms with Gasteiger partial charge in [0.2, 0.25) is 5.03 Å². The van der Waals surface area contributed by atoms with Gasteiger partial charge in [0.15, 0.2) is 0 Å². The van der Waals surface area contributed by atoms with Crippen LogP contribution in [0.15, 0.2) is 9.93 Å². The Bertz CT molecular complexity index is 127. The fraction of sp³-hybridized carbons (Fsp3) is 0.250. The molecule has 0 bridgehead atoms. The van der Waals surface area contributed by atoms with Gasteiger partial charge in [-0.2, -0.15) is 25.3 Å². The average Bonchev–Trinajstić information content (AvgIpc) is 1.65. The second-order valence-electron chi connectivity index (χ2n) is 1.02. The Hall–Kier alpha value is -0.0700. The molecule has 0 atom stereocenters. The molecule has 1 nitrogen and oxygen atoms in total. The van der Waals surface area contributed by atoms with E-state index in [9.17, 15) is 0 Å². The van der Waals surface area contributed by atoms with Gasteiger partial charge in [0.05, 0.1) is 6.57 Å². The van der Waals surface area contributed by atoms with Gasteiger partial charge < -0.3 is 0 Å². The summed E-state index contributed by atoms with van der Waals surface area (Å²) in [6.45, 7) is 8.11. The molecule has 0 aromatic heterocycles. The van der Waals surface area contributed by atoms with Crippen LogP contribution in [0.3, 0.4) is 0 Å². The molecule has 0 amide bonds. The Morgan fingerprint density at radius 2 is 2.00 bits per heavy atom. The lowest BCUT2D eigenvalue weighted by Crippen LogP contribution is -1.59. The first kappa shape index (κ1) is 6.93. The maximum atomic E-state index is 6.38. The predicted molar refractivity (Wildman–Crippen MR) is 37.3 cm³/mol. The summed E-state index contributed by atoms with van der Waals surface area (Å²) in [5.41, 5.74) is 0. The van der Waals surface area contributed by atoms with E-state index in [1.165, 1.54) is 0 Å². The summed E-state index contributed by atoms with van der Waals surface area (Å²) in [6, 6.07) is 0. The monoisotopic (exact) mass is 131 g/mol. The fourth-order valence-electron chi connectivity index (χ4n) is 0.0809. The molecule has 0 aromatic rings. The average molecular weight is 131 g/mol. The van der Waals surface area contributed by atoms with E-state index >= 15 is 0 Å². The summed E-state index contributed by atoms with van der Waals surface area (Å²) in [5.74, 6) is 0. The van der Waals surface area contributed by atoms with Crippen molar-refractivity contribution in [3.05, 3.63) is 21.4 Å². The Morgan fingerprint density at radius 1 is 1.57 bits per heavy atom. The van der Waals surface area contributed by atoms with Gasteiger partial charge >= 0.3 is 0 Å². The van der Waals surface area contributed by atoms with Crippen LogP contribution in [-0.2, 0) is 0 Å². The maximum Gasteiger partial charge on any atom is 0.226 e. The minimum absolute atomic E-state index is 0.364. The molecule has 0 aliphatic rings. The van der Waals surface area contributed by atoms with Gasteiger partial charge in [-0.1, -0.05) is 0 Å². The molecule has 0 aliphatic heterocycles. The van der Waals surface area contributed by atoms with Crippen molar-refractivity contribution in [2.24, 2.45) is 0 Å². The number of thiol groups is 2. The zero-order chi connectivity index (χ0) is 5.86. The van der Waals surface area contributed by atoms with Crippen LogP contribution in [0.4, 0.5) is 0 Å². The van der Waals surface area contributed by atoms with Crippen molar-refractivity contribution in [1.82, 2.24) is 0 Å². The lowest BCUT2D eigenvalue weighted by Gasteiger charge is -1.83. The number of hydrogen-bond acceptors (Lipinski definition) is 2. The van der Waals surface area contributed by atoms with Crippen LogP contribution in [0.2, 0.25) is 0 Å². The number of rotatable bonds is 0. The molecule has 0 aliphatic carbocycles. The molecule has 0 N–H and O–H groups in total. The smallest absolute Gasteiger partial charge is 0.226 e. The molecule has 0 unspecified atom stereocenters. The van der Waals surface area contributed by atoms with Gasteiger partial charge in [0.1, 0.15) is 0 Å². The summed E-state index contributed by atoms with van der Waals surface area (Å²) < 4.78 is 0. The van der Waals surface area contributed by atoms with Crippen molar-refractivity contribution in [3.63, 3.8) is 0 Å². The molecular weight excluding hydrogens is 126 g/mol. The van der Waals surface area contributed by atoms with Crippen LogP contribution in [0.5, 0.6) is 0 Å². The van der Waals surface area contributed by atoms with Crippen molar-refractivity contribution in [3.8, 4) is 0 Å². The van der Waals surface area contributed by atoms with Gasteiger partial charge in [-0.25, -0.2) is 4.85 Å². The second kappa shape index (κ2) is 3.00. The Morgan fingerprint density at radius 3 is 2.00 bits per heavy atom. The Labute approximate surface area is 54.1 Å². The molecule has 0 spiro atoms. The highest BCUT2D eigenvalue weighted by Gasteiger charge is 1.85. The van der Waals surface area contributed by atoms with Crippen LogP contribution in [0.1, 0.15) is 6.92 Å². The van der Waals surface area contributed by atoms with Crippen molar-refractivity contribution >= 4 is 25.3 Å². The van der Waals surface area contributed by atoms with E-state index in [2.05, 4.69) is 30.1 Å². The third-order valence-electron chi connectivity index (χ3n) is 0.430. The van der Waals surface area contributed by atoms with E-state index in [0.29, 0.717) is 9.93 Å². The quantitative estimate of drug-likeness (QED) is 0.366. The lowest BCUT2D eigenvalue weighted by atomic mass is 10.7. The van der Waals surface area contributed by atoms with Crippen molar-refractivity contribution in [2.45, 2.75) is 6.92 Å². The summed E-state index contributed by atoms with van der Waals surface area (Å²) in [5, 5.41) is 0.364. The van der Waals surface area contributed by atoms with Gasteiger partial charge in [0.25, 0.3) is 0 Å². The minimum Gasteiger partial charge on any atom is -0.230 e. The van der Waals surface area contributed by atoms with E-state index in [1.54, 1.807) is 6.92 Å². The fourth-order valence-corrected chi connectivity index (χ4v) is 0.131. The molecule has 0 aromatic carbocycles. The highest BCUT2D eigenvalue weighted by Crippen LogP contribution is 2.11. The highest BCUT2D eigenvalue weighted by molar-refractivity contribution is 7.88. The molecular formula is C4H5NS2. The van der Waals surface area contributed by atoms with E-state index in [4.69, 9.17) is 6.57 Å². The highest BCUT2D eigenvalue weighted by atomic mass is 32.1. The second-order valence-corrected chi connectivity index (χ2v) is 2.12. The van der Waals surface area contributed by atoms with Crippen LogP contribution in [-0.4, -0.2) is 0 Å². The van der Waals surface area contributed by atoms with Crippen LogP contribution in [0.25, 0.3) is 4.85 Å². The summed E-state index contributed by atoms with van der Waals surface area (Å²) in [6.07, 6.45) is 0. The lowest BCUT2D eigenvalue weighted by molar-refractivity contribution is 1.66. The molecule has 3 heteroatoms. The van der Waals surface area contributed by atoms with E-state index < -0.39 is 0 Å². The number of nitrogens with zero attached hydrogens (tertiary/aromatic N) is 1. The first-order valence-electron chi connectivity index (χ1n) is 1.64. The van der Waals surface area contributed by atoms with Crippen LogP contribution >= 0.6 is 25.3 Å². The molecule has 38 valence electrons. The van der Waals surface area contributed by atoms with E-state index in [1.807, 2.05) is 0 Å². The summed E-state index contributed by atoms with van der Waals surface area (Å²) >= 11 is 7.64. The molecule has 0 saturated carbocycles. The number of allylic oxidation sites excluding steroid dienone is 1. The third-order valence-corrected chi connectivity index (χ3v) is 1.25. The topological polar surface area (TPSA) is 4.36 Å². The SMILES string of the molecule is [C-]#[N+]C(S)=C(C)S. The predicted octanol–water partition coefficient (Wildman–Crippen LogP) is 1.95. The van der Waals surface area contributed by atoms with Crippen LogP contribution in [0, 0.1) is 6.57 Å². The Kier molecular flexibility index (Phi) is 2.97. The molecule has 0 radical (unpaired) electrons. The van der Waals surface area contributed by atoms with Gasteiger partial charge in [-0.15, -0.1) is 0 Å². The maximum absolute atomic E-state index is 6.38. The number of hydrogen-bond donors (Lipinski definition) is 2. The molecule has 7 heavy (non-hydrogen) atoms. The van der Waals surface area contributed by atoms with Crippen LogP contribution < -0.4 is 0 Å². The first-order valence-corrected chi connectivity index (χ1v) is 2.54. The summed E-state index contributed by atoms with van der Waals surface area (Å²) in [7, 11) is 0. The normalized spacial score (nSPS) is 12.3. The van der Waals surface area contributed by atoms with E-state index in [0.717, 1.165) is 0 Å². The third kappa shape index (κ3) is 2.60. The standard InChI is InChI=1S/C4H5NS2/c1-3(6)4(7)5-2/h6-7H,1H3. The molecule has 0 rings (SSSR count). The molecule has 0 saturated heterocycles. The van der Waals surface area contributed by atoms with Gasteiger partial charge in [-0.05, 0) is 11.8 Å². The largest absolute Gasteiger partial charge is 0.230 e. The first-order chi connectivity index (χ1) is 3.18. The summed E-state index contributed by atoms with van der Waals surface area (Å²) in [4.78, 5) is 3.67. The van der Waals surface area contributed by atoms with Crippen molar-refractivity contribution in [1.29, 1.82) is 0 Å². The Balaban J connectivity index is 4.07. The van der Waals surface area contributed by atoms with Crippen molar-refractivity contribution < 1.29 is 0 Å². The van der Waals surface area contributed by atoms with Gasteiger partial charge in [0, 0.05) is 0 Å². The zero-order valence-electron chi connectivity index (χ0n) is 3.84. The van der Waals surface area contributed by atoms with Gasteiger partial charge in [-0.3, -0.25) is 0 Å².